The van der Waals surface area contributed by atoms with Gasteiger partial charge in [-0.05, 0) is 60.1 Å². The predicted molar refractivity (Wildman–Crippen MR) is 145 cm³/mol. The molecule has 5 atom stereocenters. The first-order valence-corrected chi connectivity index (χ1v) is 13.2. The Balaban J connectivity index is 2.16. The Morgan fingerprint density at radius 2 is 2.03 bits per heavy atom. The monoisotopic (exact) mass is 565 g/mol. The van der Waals surface area contributed by atoms with Gasteiger partial charge in [0.25, 0.3) is 0 Å². The van der Waals surface area contributed by atoms with Gasteiger partial charge in [0.1, 0.15) is 11.2 Å². The maximum Gasteiger partial charge on any atom is 0.408 e. The van der Waals surface area contributed by atoms with Gasteiger partial charge < -0.3 is 20.3 Å². The van der Waals surface area contributed by atoms with Crippen molar-refractivity contribution >= 4 is 29.3 Å². The number of aliphatic hydroxyl groups excluding tert-OH is 2. The van der Waals surface area contributed by atoms with E-state index in [-0.39, 0.29) is 29.0 Å². The fourth-order valence-electron chi connectivity index (χ4n) is 5.23. The van der Waals surface area contributed by atoms with Crippen molar-refractivity contribution < 1.29 is 24.1 Å². The second-order valence-electron chi connectivity index (χ2n) is 10.9. The Morgan fingerprint density at radius 1 is 1.32 bits per heavy atom. The smallest absolute Gasteiger partial charge is 0.408 e. The van der Waals surface area contributed by atoms with E-state index in [9.17, 15) is 15.2 Å². The van der Waals surface area contributed by atoms with E-state index in [0.29, 0.717) is 17.0 Å². The van der Waals surface area contributed by atoms with Crippen LogP contribution in [0.5, 0.6) is 0 Å². The number of hydrogen-bond acceptors (Lipinski definition) is 6. The summed E-state index contributed by atoms with van der Waals surface area (Å²) < 4.78 is 21.4. The minimum absolute atomic E-state index is 0.0502. The Hall–Kier alpha value is -2.41. The fraction of sp³-hybridized carbons (Fsp3) is 0.500. The molecule has 0 radical (unpaired) electrons. The number of nitrogens with zero attached hydrogens (tertiary/aromatic N) is 1. The molecule has 0 spiro atoms. The van der Waals surface area contributed by atoms with Gasteiger partial charge in [0.15, 0.2) is 6.23 Å². The number of halogens is 3. The van der Waals surface area contributed by atoms with Crippen molar-refractivity contribution in [1.29, 1.82) is 5.26 Å². The third-order valence-electron chi connectivity index (χ3n) is 6.85. The van der Waals surface area contributed by atoms with Gasteiger partial charge in [-0.1, -0.05) is 62.2 Å². The number of amides is 1. The van der Waals surface area contributed by atoms with Gasteiger partial charge in [-0.2, -0.15) is 5.26 Å². The van der Waals surface area contributed by atoms with Crippen molar-refractivity contribution in [3.05, 3.63) is 69.0 Å². The van der Waals surface area contributed by atoms with Crippen molar-refractivity contribution in [1.82, 2.24) is 10.6 Å². The van der Waals surface area contributed by atoms with Crippen LogP contribution in [0.3, 0.4) is 0 Å². The van der Waals surface area contributed by atoms with Gasteiger partial charge in [-0.3, -0.25) is 5.32 Å². The van der Waals surface area contributed by atoms with Crippen molar-refractivity contribution in [2.45, 2.75) is 70.2 Å². The molecule has 1 aliphatic rings. The van der Waals surface area contributed by atoms with Crippen LogP contribution in [0.15, 0.2) is 36.4 Å². The van der Waals surface area contributed by atoms with Crippen molar-refractivity contribution in [2.24, 2.45) is 5.41 Å². The molecule has 0 bridgehead atoms. The van der Waals surface area contributed by atoms with E-state index < -0.39 is 48.2 Å². The van der Waals surface area contributed by atoms with Crippen molar-refractivity contribution in [2.75, 3.05) is 13.2 Å². The standard InChI is InChI=1S/C28H34Cl2FN3O4/c1-16-12-17(29)8-9-20(16)28(15-32)22(13-27(2,3)4)34-25(38-26(37)33-11-10-18(36)14-35)23(28)19-6-5-7-21(30)24(19)31/h5-9,12,18,22-23,25,34-36H,10-11,13-14H2,1-4H3,(H,33,37)/t18-,22-,23-,25+,28-/m0/s1. The van der Waals surface area contributed by atoms with Crippen LogP contribution >= 0.6 is 23.2 Å². The third kappa shape index (κ3) is 6.41. The average Bonchev–Trinajstić information content (AvgIpc) is 3.12. The minimum atomic E-state index is -1.36. The Bertz CT molecular complexity index is 1200. The zero-order valence-corrected chi connectivity index (χ0v) is 23.4. The topological polar surface area (TPSA) is 115 Å². The molecular formula is C28H34Cl2FN3O4. The molecule has 3 rings (SSSR count). The molecule has 10 heteroatoms. The van der Waals surface area contributed by atoms with Crippen LogP contribution < -0.4 is 10.6 Å². The van der Waals surface area contributed by atoms with Crippen LogP contribution in [-0.2, 0) is 10.2 Å². The van der Waals surface area contributed by atoms with Gasteiger partial charge in [-0.25, -0.2) is 9.18 Å². The normalized spacial score (nSPS) is 24.1. The van der Waals surface area contributed by atoms with E-state index in [0.717, 1.165) is 5.56 Å². The number of hydrogen-bond donors (Lipinski definition) is 4. The molecule has 1 aliphatic heterocycles. The zero-order chi connectivity index (χ0) is 28.3. The Kier molecular flexibility index (Phi) is 9.66. The largest absolute Gasteiger partial charge is 0.430 e. The Labute approximate surface area is 232 Å². The maximum absolute atomic E-state index is 15.6. The lowest BCUT2D eigenvalue weighted by Gasteiger charge is -2.38. The number of nitrogens with one attached hydrogen (secondary N) is 2. The van der Waals surface area contributed by atoms with Crippen LogP contribution in [0, 0.1) is 29.5 Å². The number of nitriles is 1. The van der Waals surface area contributed by atoms with Gasteiger partial charge in [0, 0.05) is 17.6 Å². The summed E-state index contributed by atoms with van der Waals surface area (Å²) in [6.45, 7) is 7.56. The van der Waals surface area contributed by atoms with Crippen molar-refractivity contribution in [3.63, 3.8) is 0 Å². The van der Waals surface area contributed by atoms with Crippen LogP contribution in [0.1, 0.15) is 56.2 Å². The number of aliphatic hydroxyl groups is 2. The first-order valence-electron chi connectivity index (χ1n) is 12.4. The second kappa shape index (κ2) is 12.2. The molecule has 4 N–H and O–H groups in total. The average molecular weight is 567 g/mol. The molecule has 38 heavy (non-hydrogen) atoms. The quantitative estimate of drug-likeness (QED) is 0.350. The fourth-order valence-corrected chi connectivity index (χ4v) is 5.64. The van der Waals surface area contributed by atoms with E-state index in [4.69, 9.17) is 33.0 Å². The summed E-state index contributed by atoms with van der Waals surface area (Å²) in [4.78, 5) is 12.8. The molecular weight excluding hydrogens is 532 g/mol. The first kappa shape index (κ1) is 30.1. The third-order valence-corrected chi connectivity index (χ3v) is 7.38. The molecule has 2 aromatic carbocycles. The molecule has 206 valence electrons. The van der Waals surface area contributed by atoms with E-state index in [1.807, 2.05) is 27.7 Å². The summed E-state index contributed by atoms with van der Waals surface area (Å²) in [7, 11) is 0. The summed E-state index contributed by atoms with van der Waals surface area (Å²) >= 11 is 12.4. The van der Waals surface area contributed by atoms with Crippen LogP contribution in [-0.4, -0.2) is 47.8 Å². The lowest BCUT2D eigenvalue weighted by Crippen LogP contribution is -2.44. The summed E-state index contributed by atoms with van der Waals surface area (Å²) in [6, 6.07) is 11.8. The predicted octanol–water partition coefficient (Wildman–Crippen LogP) is 5.19. The molecule has 0 aromatic heterocycles. The van der Waals surface area contributed by atoms with Crippen LogP contribution in [0.2, 0.25) is 10.0 Å². The summed E-state index contributed by atoms with van der Waals surface area (Å²) in [5, 5.41) is 35.8. The summed E-state index contributed by atoms with van der Waals surface area (Å²) in [5.41, 5.74) is -0.0603. The molecule has 0 aliphatic carbocycles. The number of rotatable bonds is 8. The van der Waals surface area contributed by atoms with E-state index >= 15 is 4.39 Å². The summed E-state index contributed by atoms with van der Waals surface area (Å²) in [5.74, 6) is -1.66. The molecule has 1 fully saturated rings. The van der Waals surface area contributed by atoms with E-state index in [2.05, 4.69) is 16.7 Å². The van der Waals surface area contributed by atoms with Gasteiger partial charge >= 0.3 is 6.09 Å². The number of benzene rings is 2. The van der Waals surface area contributed by atoms with Gasteiger partial charge in [-0.15, -0.1) is 0 Å². The number of carbonyl (C=O) groups excluding carboxylic acids is 1. The van der Waals surface area contributed by atoms with E-state index in [1.165, 1.54) is 6.07 Å². The molecule has 1 amide bonds. The minimum Gasteiger partial charge on any atom is -0.430 e. The lowest BCUT2D eigenvalue weighted by atomic mass is 9.63. The van der Waals surface area contributed by atoms with Gasteiger partial charge in [0.2, 0.25) is 0 Å². The number of alkyl carbamates (subject to hydrolysis) is 1. The number of carbonyl (C=O) groups is 1. The van der Waals surface area contributed by atoms with Gasteiger partial charge in [0.05, 0.1) is 29.7 Å². The number of ether oxygens (including phenoxy) is 1. The highest BCUT2D eigenvalue weighted by molar-refractivity contribution is 6.31. The molecule has 7 nitrogen and oxygen atoms in total. The molecule has 0 saturated carbocycles. The van der Waals surface area contributed by atoms with Crippen molar-refractivity contribution in [3.8, 4) is 6.07 Å². The lowest BCUT2D eigenvalue weighted by molar-refractivity contribution is 0.0684. The highest BCUT2D eigenvalue weighted by Gasteiger charge is 2.60. The van der Waals surface area contributed by atoms with Crippen LogP contribution in [0.25, 0.3) is 0 Å². The molecule has 2 aromatic rings. The molecule has 1 heterocycles. The van der Waals surface area contributed by atoms with E-state index in [1.54, 1.807) is 30.3 Å². The summed E-state index contributed by atoms with van der Waals surface area (Å²) in [6.07, 6.45) is -2.26. The number of aryl methyl sites for hydroxylation is 1. The molecule has 1 saturated heterocycles. The van der Waals surface area contributed by atoms with Crippen LogP contribution in [0.4, 0.5) is 9.18 Å². The molecule has 0 unspecified atom stereocenters. The second-order valence-corrected chi connectivity index (χ2v) is 11.8. The Morgan fingerprint density at radius 3 is 2.63 bits per heavy atom. The zero-order valence-electron chi connectivity index (χ0n) is 21.9. The highest BCUT2D eigenvalue weighted by Crippen LogP contribution is 2.53. The SMILES string of the molecule is Cc1cc(Cl)ccc1[C@@]1(C#N)[C@H](CC(C)(C)C)N[C@H](OC(=O)NCC[C@H](O)CO)[C@@H]1c1cccc(Cl)c1F. The first-order chi connectivity index (χ1) is 17.8. The highest BCUT2D eigenvalue weighted by atomic mass is 35.5. The maximum atomic E-state index is 15.6.